The molecule has 0 bridgehead atoms. The molecule has 1 unspecified atom stereocenters. The van der Waals surface area contributed by atoms with Gasteiger partial charge in [0.2, 0.25) is 0 Å². The van der Waals surface area contributed by atoms with Gasteiger partial charge in [-0.15, -0.1) is 0 Å². The molecule has 212 valence electrons. The fourth-order valence-corrected chi connectivity index (χ4v) is 4.74. The number of pyridine rings is 1. The molecule has 1 aromatic heterocycles. The SMILES string of the molecule is COC(=O)CC(NC(=O)c1cc2cc(Oc3ccc(C(C)(C)C)cc3)ccc2cn1)c1ccc(-c2ccccc2)cc1. The van der Waals surface area contributed by atoms with E-state index in [1.165, 1.54) is 12.7 Å². The molecule has 0 aliphatic heterocycles. The van der Waals surface area contributed by atoms with Gasteiger partial charge in [-0.25, -0.2) is 0 Å². The smallest absolute Gasteiger partial charge is 0.307 e. The van der Waals surface area contributed by atoms with Gasteiger partial charge in [-0.3, -0.25) is 14.6 Å². The molecule has 0 spiro atoms. The van der Waals surface area contributed by atoms with Crippen LogP contribution in [-0.4, -0.2) is 24.0 Å². The Morgan fingerprint density at radius 1 is 0.786 bits per heavy atom. The molecule has 0 saturated heterocycles. The molecule has 1 atom stereocenters. The molecule has 4 aromatic carbocycles. The standard InChI is InChI=1S/C36H34N2O4/c1-36(2,3)29-15-18-30(19-16-29)42-31-17-14-27-23-37-33(21-28(27)20-31)35(40)38-32(22-34(39)41-4)26-12-10-25(11-13-26)24-8-6-5-7-9-24/h5-21,23,32H,22H2,1-4H3,(H,38,40). The Hall–Kier alpha value is -4.97. The van der Waals surface area contributed by atoms with Crippen molar-refractivity contribution in [2.24, 2.45) is 0 Å². The first-order chi connectivity index (χ1) is 20.2. The molecule has 0 saturated carbocycles. The molecule has 6 nitrogen and oxygen atoms in total. The Labute approximate surface area is 246 Å². The van der Waals surface area contributed by atoms with Crippen molar-refractivity contribution in [1.82, 2.24) is 10.3 Å². The molecule has 5 rings (SSSR count). The number of esters is 1. The third-order valence-electron chi connectivity index (χ3n) is 7.21. The maximum absolute atomic E-state index is 13.4. The van der Waals surface area contributed by atoms with Crippen molar-refractivity contribution >= 4 is 22.6 Å². The van der Waals surface area contributed by atoms with Gasteiger partial charge in [-0.2, -0.15) is 0 Å². The number of amides is 1. The summed E-state index contributed by atoms with van der Waals surface area (Å²) in [5.41, 5.74) is 4.46. The maximum Gasteiger partial charge on any atom is 0.307 e. The minimum absolute atomic E-state index is 0.00744. The van der Waals surface area contributed by atoms with Crippen molar-refractivity contribution in [3.05, 3.63) is 126 Å². The van der Waals surface area contributed by atoms with Crippen LogP contribution >= 0.6 is 0 Å². The number of hydrogen-bond acceptors (Lipinski definition) is 5. The van der Waals surface area contributed by atoms with Gasteiger partial charge in [0, 0.05) is 11.6 Å². The lowest BCUT2D eigenvalue weighted by Gasteiger charge is -2.19. The first-order valence-corrected chi connectivity index (χ1v) is 13.9. The Balaban J connectivity index is 1.35. The lowest BCUT2D eigenvalue weighted by Crippen LogP contribution is -2.31. The van der Waals surface area contributed by atoms with Gasteiger partial charge in [0.1, 0.15) is 17.2 Å². The second kappa shape index (κ2) is 12.3. The quantitative estimate of drug-likeness (QED) is 0.195. The van der Waals surface area contributed by atoms with Gasteiger partial charge >= 0.3 is 5.97 Å². The topological polar surface area (TPSA) is 77.5 Å². The largest absolute Gasteiger partial charge is 0.469 e. The molecule has 42 heavy (non-hydrogen) atoms. The maximum atomic E-state index is 13.4. The van der Waals surface area contributed by atoms with Crippen molar-refractivity contribution in [3.8, 4) is 22.6 Å². The Kier molecular flexibility index (Phi) is 8.34. The van der Waals surface area contributed by atoms with Gasteiger partial charge in [-0.1, -0.05) is 87.5 Å². The number of ether oxygens (including phenoxy) is 2. The van der Waals surface area contributed by atoms with Crippen molar-refractivity contribution < 1.29 is 19.1 Å². The molecule has 5 aromatic rings. The summed E-state index contributed by atoms with van der Waals surface area (Å²) in [7, 11) is 1.34. The molecule has 0 aliphatic rings. The Bertz CT molecular complexity index is 1690. The van der Waals surface area contributed by atoms with E-state index in [0.29, 0.717) is 5.75 Å². The molecule has 0 fully saturated rings. The van der Waals surface area contributed by atoms with E-state index >= 15 is 0 Å². The first kappa shape index (κ1) is 28.6. The van der Waals surface area contributed by atoms with Crippen LogP contribution in [0.15, 0.2) is 109 Å². The number of carbonyl (C=O) groups is 2. The first-order valence-electron chi connectivity index (χ1n) is 13.9. The average molecular weight is 559 g/mol. The second-order valence-electron chi connectivity index (χ2n) is 11.2. The fourth-order valence-electron chi connectivity index (χ4n) is 4.74. The van der Waals surface area contributed by atoms with Crippen molar-refractivity contribution in [1.29, 1.82) is 0 Å². The zero-order valence-electron chi connectivity index (χ0n) is 24.3. The Morgan fingerprint density at radius 3 is 2.12 bits per heavy atom. The van der Waals surface area contributed by atoms with Gasteiger partial charge in [-0.05, 0) is 69.5 Å². The number of nitrogens with zero attached hydrogens (tertiary/aromatic N) is 1. The van der Waals surface area contributed by atoms with Crippen LogP contribution in [0.3, 0.4) is 0 Å². The van der Waals surface area contributed by atoms with E-state index in [0.717, 1.165) is 33.2 Å². The molecule has 0 radical (unpaired) electrons. The summed E-state index contributed by atoms with van der Waals surface area (Å²) in [5, 5.41) is 4.67. The molecule has 0 aliphatic carbocycles. The monoisotopic (exact) mass is 558 g/mol. The van der Waals surface area contributed by atoms with E-state index in [1.54, 1.807) is 12.3 Å². The van der Waals surface area contributed by atoms with Gasteiger partial charge in [0.15, 0.2) is 0 Å². The highest BCUT2D eigenvalue weighted by Crippen LogP contribution is 2.29. The number of rotatable bonds is 8. The van der Waals surface area contributed by atoms with E-state index in [1.807, 2.05) is 84.9 Å². The fraction of sp³-hybridized carbons (Fsp3) is 0.194. The molecular formula is C36H34N2O4. The zero-order valence-corrected chi connectivity index (χ0v) is 24.3. The second-order valence-corrected chi connectivity index (χ2v) is 11.2. The van der Waals surface area contributed by atoms with E-state index in [2.05, 4.69) is 43.2 Å². The molecule has 1 heterocycles. The lowest BCUT2D eigenvalue weighted by molar-refractivity contribution is -0.141. The summed E-state index contributed by atoms with van der Waals surface area (Å²) in [6, 6.07) is 32.7. The van der Waals surface area contributed by atoms with Crippen LogP contribution in [0.5, 0.6) is 11.5 Å². The van der Waals surface area contributed by atoms with E-state index in [4.69, 9.17) is 9.47 Å². The molecule has 1 amide bonds. The number of nitrogens with one attached hydrogen (secondary N) is 1. The van der Waals surface area contributed by atoms with Crippen molar-refractivity contribution in [2.45, 2.75) is 38.6 Å². The van der Waals surface area contributed by atoms with Crippen LogP contribution in [-0.2, 0) is 14.9 Å². The lowest BCUT2D eigenvalue weighted by atomic mass is 9.87. The predicted octanol–water partition coefficient (Wildman–Crippen LogP) is 8.03. The molecule has 1 N–H and O–H groups in total. The van der Waals surface area contributed by atoms with E-state index in [9.17, 15) is 9.59 Å². The molecule has 6 heteroatoms. The summed E-state index contributed by atoms with van der Waals surface area (Å²) in [4.78, 5) is 30.0. The van der Waals surface area contributed by atoms with Crippen LogP contribution in [0.2, 0.25) is 0 Å². The number of fused-ring (bicyclic) bond motifs is 1. The van der Waals surface area contributed by atoms with Crippen LogP contribution in [0.25, 0.3) is 21.9 Å². The van der Waals surface area contributed by atoms with E-state index < -0.39 is 12.0 Å². The van der Waals surface area contributed by atoms with Gasteiger partial charge in [0.05, 0.1) is 19.6 Å². The highest BCUT2D eigenvalue weighted by Gasteiger charge is 2.21. The number of hydrogen-bond donors (Lipinski definition) is 1. The minimum atomic E-state index is -0.585. The summed E-state index contributed by atoms with van der Waals surface area (Å²) in [6.07, 6.45) is 1.66. The summed E-state index contributed by atoms with van der Waals surface area (Å²) in [5.74, 6) is 0.585. The predicted molar refractivity (Wildman–Crippen MR) is 166 cm³/mol. The van der Waals surface area contributed by atoms with Crippen LogP contribution < -0.4 is 10.1 Å². The summed E-state index contributed by atoms with van der Waals surface area (Å²) in [6.45, 7) is 6.52. The van der Waals surface area contributed by atoms with Gasteiger partial charge in [0.25, 0.3) is 5.91 Å². The van der Waals surface area contributed by atoms with Crippen molar-refractivity contribution in [3.63, 3.8) is 0 Å². The number of benzene rings is 4. The third-order valence-corrected chi connectivity index (χ3v) is 7.21. The minimum Gasteiger partial charge on any atom is -0.469 e. The third kappa shape index (κ3) is 6.84. The van der Waals surface area contributed by atoms with Gasteiger partial charge < -0.3 is 14.8 Å². The summed E-state index contributed by atoms with van der Waals surface area (Å²) >= 11 is 0. The summed E-state index contributed by atoms with van der Waals surface area (Å²) < 4.78 is 11.0. The number of carbonyl (C=O) groups excluding carboxylic acids is 2. The number of methoxy groups -OCH3 is 1. The van der Waals surface area contributed by atoms with Crippen LogP contribution in [0, 0.1) is 0 Å². The van der Waals surface area contributed by atoms with E-state index in [-0.39, 0.29) is 23.4 Å². The van der Waals surface area contributed by atoms with Crippen molar-refractivity contribution in [2.75, 3.05) is 7.11 Å². The van der Waals surface area contributed by atoms with Crippen LogP contribution in [0.4, 0.5) is 0 Å². The highest BCUT2D eigenvalue weighted by atomic mass is 16.5. The Morgan fingerprint density at radius 2 is 1.45 bits per heavy atom. The normalized spacial score (nSPS) is 12.0. The molecular weight excluding hydrogens is 524 g/mol. The zero-order chi connectivity index (χ0) is 29.7. The van der Waals surface area contributed by atoms with Crippen LogP contribution in [0.1, 0.15) is 54.8 Å². The highest BCUT2D eigenvalue weighted by molar-refractivity contribution is 5.97. The average Bonchev–Trinajstić information content (AvgIpc) is 3.00. The number of aromatic nitrogens is 1.